The molecule has 2 N–H and O–H groups in total. The molecule has 0 spiro atoms. The van der Waals surface area contributed by atoms with Gasteiger partial charge in [0, 0.05) is 50.6 Å². The van der Waals surface area contributed by atoms with E-state index in [-0.39, 0.29) is 11.5 Å². The van der Waals surface area contributed by atoms with Crippen LogP contribution in [0.2, 0.25) is 0 Å². The van der Waals surface area contributed by atoms with Crippen LogP contribution in [0, 0.1) is 6.92 Å². The van der Waals surface area contributed by atoms with E-state index in [1.54, 1.807) is 7.05 Å². The minimum absolute atomic E-state index is 0.142. The summed E-state index contributed by atoms with van der Waals surface area (Å²) in [6.07, 6.45) is 4.57. The van der Waals surface area contributed by atoms with E-state index in [0.717, 1.165) is 36.6 Å². The Morgan fingerprint density at radius 1 is 1.24 bits per heavy atom. The van der Waals surface area contributed by atoms with Crippen molar-refractivity contribution in [3.05, 3.63) is 51.8 Å². The van der Waals surface area contributed by atoms with Gasteiger partial charge in [-0.3, -0.25) is 9.59 Å². The van der Waals surface area contributed by atoms with Gasteiger partial charge in [0.1, 0.15) is 11.6 Å². The molecule has 2 aromatic heterocycles. The Balaban J connectivity index is 1.84. The third-order valence-corrected chi connectivity index (χ3v) is 3.72. The maximum atomic E-state index is 12.1. The van der Waals surface area contributed by atoms with Gasteiger partial charge in [-0.15, -0.1) is 0 Å². The summed E-state index contributed by atoms with van der Waals surface area (Å²) in [5.41, 5.74) is 1.25. The van der Waals surface area contributed by atoms with Gasteiger partial charge in [0.25, 0.3) is 5.91 Å². The number of nitrogens with zero attached hydrogens (tertiary/aromatic N) is 3. The van der Waals surface area contributed by atoms with E-state index >= 15 is 0 Å². The number of nitrogens with one attached hydrogen (secondary N) is 2. The highest BCUT2D eigenvalue weighted by Gasteiger charge is 2.06. The molecule has 1 amide bonds. The van der Waals surface area contributed by atoms with E-state index < -0.39 is 0 Å². The fourth-order valence-electron chi connectivity index (χ4n) is 2.36. The van der Waals surface area contributed by atoms with Crippen molar-refractivity contribution in [1.82, 2.24) is 19.9 Å². The van der Waals surface area contributed by atoms with Crippen LogP contribution in [-0.2, 0) is 13.5 Å². The molecule has 0 saturated heterocycles. The van der Waals surface area contributed by atoms with Crippen LogP contribution >= 0.6 is 0 Å². The summed E-state index contributed by atoms with van der Waals surface area (Å²) in [6, 6.07) is 4.80. The molecule has 0 aliphatic carbocycles. The van der Waals surface area contributed by atoms with Gasteiger partial charge < -0.3 is 15.2 Å². The second kappa shape index (κ2) is 8.96. The highest BCUT2D eigenvalue weighted by molar-refractivity contribution is 5.93. The van der Waals surface area contributed by atoms with Crippen LogP contribution < -0.4 is 16.2 Å². The van der Waals surface area contributed by atoms with E-state index in [1.165, 1.54) is 22.9 Å². The first kappa shape index (κ1) is 18.6. The number of carbonyl (C=O) groups is 1. The molecule has 2 rings (SSSR count). The van der Waals surface area contributed by atoms with E-state index in [9.17, 15) is 9.59 Å². The topological polar surface area (TPSA) is 88.9 Å². The standard InChI is InChI=1S/C18H25N5O2/c1-4-5-6-15-21-13(2)11-16(22-15)19-9-10-20-18(25)14-7-8-17(24)23(3)12-14/h7-8,11-12H,4-6,9-10H2,1-3H3,(H,20,25)(H,19,21,22). The Kier molecular flexibility index (Phi) is 6.68. The number of anilines is 1. The zero-order valence-corrected chi connectivity index (χ0v) is 15.0. The number of aromatic nitrogens is 3. The first-order chi connectivity index (χ1) is 12.0. The van der Waals surface area contributed by atoms with Crippen molar-refractivity contribution in [2.75, 3.05) is 18.4 Å². The van der Waals surface area contributed by atoms with Crippen molar-refractivity contribution in [2.45, 2.75) is 33.1 Å². The number of unbranched alkanes of at least 4 members (excludes halogenated alkanes) is 1. The number of pyridine rings is 1. The smallest absolute Gasteiger partial charge is 0.252 e. The zero-order chi connectivity index (χ0) is 18.2. The minimum atomic E-state index is -0.208. The second-order valence-electron chi connectivity index (χ2n) is 5.96. The molecule has 0 atom stereocenters. The number of rotatable bonds is 8. The number of hydrogen-bond acceptors (Lipinski definition) is 5. The third-order valence-electron chi connectivity index (χ3n) is 3.72. The Labute approximate surface area is 147 Å². The molecule has 0 aliphatic rings. The first-order valence-corrected chi connectivity index (χ1v) is 8.53. The molecule has 7 nitrogen and oxygen atoms in total. The van der Waals surface area contributed by atoms with Crippen molar-refractivity contribution in [3.8, 4) is 0 Å². The SMILES string of the molecule is CCCCc1nc(C)cc(NCCNC(=O)c2ccc(=O)n(C)c2)n1. The molecular weight excluding hydrogens is 318 g/mol. The Hall–Kier alpha value is -2.70. The largest absolute Gasteiger partial charge is 0.368 e. The minimum Gasteiger partial charge on any atom is -0.368 e. The van der Waals surface area contributed by atoms with Gasteiger partial charge in [-0.2, -0.15) is 0 Å². The van der Waals surface area contributed by atoms with Crippen molar-refractivity contribution < 1.29 is 4.79 Å². The van der Waals surface area contributed by atoms with Gasteiger partial charge in [-0.25, -0.2) is 9.97 Å². The lowest BCUT2D eigenvalue weighted by Gasteiger charge is -2.10. The van der Waals surface area contributed by atoms with Gasteiger partial charge in [0.05, 0.1) is 5.56 Å². The van der Waals surface area contributed by atoms with Gasteiger partial charge in [0.2, 0.25) is 5.56 Å². The average molecular weight is 343 g/mol. The maximum Gasteiger partial charge on any atom is 0.252 e. The van der Waals surface area contributed by atoms with Crippen LogP contribution in [0.15, 0.2) is 29.2 Å². The van der Waals surface area contributed by atoms with Crippen molar-refractivity contribution in [1.29, 1.82) is 0 Å². The maximum absolute atomic E-state index is 12.1. The predicted octanol–water partition coefficient (Wildman–Crippen LogP) is 1.67. The second-order valence-corrected chi connectivity index (χ2v) is 5.96. The third kappa shape index (κ3) is 5.70. The molecular formula is C18H25N5O2. The summed E-state index contributed by atoms with van der Waals surface area (Å²) < 4.78 is 1.38. The van der Waals surface area contributed by atoms with Crippen molar-refractivity contribution in [3.63, 3.8) is 0 Å². The van der Waals surface area contributed by atoms with Crippen LogP contribution in [0.3, 0.4) is 0 Å². The number of aryl methyl sites for hydroxylation is 3. The monoisotopic (exact) mass is 343 g/mol. The predicted molar refractivity (Wildman–Crippen MR) is 97.9 cm³/mol. The summed E-state index contributed by atoms with van der Waals surface area (Å²) in [5.74, 6) is 1.41. The van der Waals surface area contributed by atoms with Gasteiger partial charge in [-0.1, -0.05) is 13.3 Å². The van der Waals surface area contributed by atoms with Gasteiger partial charge in [0.15, 0.2) is 0 Å². The molecule has 134 valence electrons. The lowest BCUT2D eigenvalue weighted by Crippen LogP contribution is -2.30. The Morgan fingerprint density at radius 2 is 2.04 bits per heavy atom. The number of hydrogen-bond donors (Lipinski definition) is 2. The van der Waals surface area contributed by atoms with E-state index in [4.69, 9.17) is 0 Å². The molecule has 7 heteroatoms. The summed E-state index contributed by atoms with van der Waals surface area (Å²) in [6.45, 7) is 5.10. The normalized spacial score (nSPS) is 10.5. The van der Waals surface area contributed by atoms with Crippen LogP contribution in [-0.4, -0.2) is 33.5 Å². The highest BCUT2D eigenvalue weighted by Crippen LogP contribution is 2.08. The summed E-state index contributed by atoms with van der Waals surface area (Å²) >= 11 is 0. The molecule has 0 unspecified atom stereocenters. The van der Waals surface area contributed by atoms with Crippen LogP contribution in [0.1, 0.15) is 41.6 Å². The van der Waals surface area contributed by atoms with Gasteiger partial charge in [-0.05, 0) is 19.4 Å². The molecule has 2 aromatic rings. The molecule has 2 heterocycles. The van der Waals surface area contributed by atoms with Crippen molar-refractivity contribution >= 4 is 11.7 Å². The van der Waals surface area contributed by atoms with E-state index in [2.05, 4.69) is 27.5 Å². The summed E-state index contributed by atoms with van der Waals surface area (Å²) in [4.78, 5) is 32.3. The lowest BCUT2D eigenvalue weighted by molar-refractivity contribution is 0.0954. The average Bonchev–Trinajstić information content (AvgIpc) is 2.58. The van der Waals surface area contributed by atoms with Gasteiger partial charge >= 0.3 is 0 Å². The Bertz CT molecular complexity index is 785. The molecule has 0 aliphatic heterocycles. The number of amides is 1. The zero-order valence-electron chi connectivity index (χ0n) is 15.0. The molecule has 0 bridgehead atoms. The number of carbonyl (C=O) groups excluding carboxylic acids is 1. The lowest BCUT2D eigenvalue weighted by atomic mass is 10.2. The first-order valence-electron chi connectivity index (χ1n) is 8.53. The summed E-state index contributed by atoms with van der Waals surface area (Å²) in [5, 5.41) is 6.03. The van der Waals surface area contributed by atoms with Crippen LogP contribution in [0.25, 0.3) is 0 Å². The molecule has 0 fully saturated rings. The molecule has 0 radical (unpaired) electrons. The Morgan fingerprint density at radius 3 is 2.76 bits per heavy atom. The van der Waals surface area contributed by atoms with E-state index in [0.29, 0.717) is 18.7 Å². The van der Waals surface area contributed by atoms with E-state index in [1.807, 2.05) is 13.0 Å². The highest BCUT2D eigenvalue weighted by atomic mass is 16.2. The van der Waals surface area contributed by atoms with Crippen LogP contribution in [0.5, 0.6) is 0 Å². The van der Waals surface area contributed by atoms with Crippen molar-refractivity contribution in [2.24, 2.45) is 7.05 Å². The fourth-order valence-corrected chi connectivity index (χ4v) is 2.36. The van der Waals surface area contributed by atoms with Crippen LogP contribution in [0.4, 0.5) is 5.82 Å². The fraction of sp³-hybridized carbons (Fsp3) is 0.444. The molecule has 0 saturated carbocycles. The quantitative estimate of drug-likeness (QED) is 0.712. The molecule has 25 heavy (non-hydrogen) atoms. The molecule has 0 aromatic carbocycles. The summed E-state index contributed by atoms with van der Waals surface area (Å²) in [7, 11) is 1.62.